The maximum Gasteiger partial charge on any atom is 0.416 e. The number of hydrogen-bond acceptors (Lipinski definition) is 1. The van der Waals surface area contributed by atoms with Gasteiger partial charge in [-0.25, -0.2) is 0 Å². The zero-order chi connectivity index (χ0) is 14.2. The second-order valence-corrected chi connectivity index (χ2v) is 5.76. The van der Waals surface area contributed by atoms with Gasteiger partial charge in [-0.1, -0.05) is 11.6 Å². The highest BCUT2D eigenvalue weighted by atomic mass is 19.4. The van der Waals surface area contributed by atoms with Crippen molar-refractivity contribution in [3.05, 3.63) is 34.9 Å². The summed E-state index contributed by atoms with van der Waals surface area (Å²) < 4.78 is 38.5. The van der Waals surface area contributed by atoms with E-state index in [1.165, 1.54) is 12.1 Å². The van der Waals surface area contributed by atoms with Crippen molar-refractivity contribution in [3.8, 4) is 0 Å². The van der Waals surface area contributed by atoms with E-state index in [4.69, 9.17) is 0 Å². The first-order valence-electron chi connectivity index (χ1n) is 6.62. The van der Waals surface area contributed by atoms with Crippen LogP contribution in [0.25, 0.3) is 0 Å². The summed E-state index contributed by atoms with van der Waals surface area (Å²) in [5.74, 6) is 0.258. The lowest BCUT2D eigenvalue weighted by Gasteiger charge is -2.19. The van der Waals surface area contributed by atoms with Crippen LogP contribution >= 0.6 is 0 Å². The van der Waals surface area contributed by atoms with Crippen molar-refractivity contribution in [1.29, 1.82) is 0 Å². The van der Waals surface area contributed by atoms with Crippen LogP contribution in [0.5, 0.6) is 0 Å². The Balaban J connectivity index is 2.24. The van der Waals surface area contributed by atoms with Crippen LogP contribution in [0.15, 0.2) is 18.2 Å². The number of halogens is 3. The van der Waals surface area contributed by atoms with E-state index in [0.717, 1.165) is 24.8 Å². The monoisotopic (exact) mass is 271 g/mol. The van der Waals surface area contributed by atoms with Crippen LogP contribution in [0, 0.1) is 6.92 Å². The van der Waals surface area contributed by atoms with Gasteiger partial charge in [0.2, 0.25) is 0 Å². The largest absolute Gasteiger partial charge is 0.416 e. The van der Waals surface area contributed by atoms with Crippen LogP contribution in [-0.2, 0) is 6.18 Å². The van der Waals surface area contributed by atoms with Crippen LogP contribution < -0.4 is 0 Å². The van der Waals surface area contributed by atoms with E-state index < -0.39 is 11.7 Å². The smallest absolute Gasteiger partial charge is 0.306 e. The minimum absolute atomic E-state index is 0.258. The molecule has 1 aromatic rings. The second kappa shape index (κ2) is 5.16. The average molecular weight is 271 g/mol. The van der Waals surface area contributed by atoms with Crippen molar-refractivity contribution in [3.63, 3.8) is 0 Å². The van der Waals surface area contributed by atoms with Crippen molar-refractivity contribution < 1.29 is 13.2 Å². The van der Waals surface area contributed by atoms with E-state index in [1.54, 1.807) is 6.92 Å². The molecule has 0 aromatic heterocycles. The van der Waals surface area contributed by atoms with Gasteiger partial charge in [0, 0.05) is 6.04 Å². The van der Waals surface area contributed by atoms with E-state index >= 15 is 0 Å². The summed E-state index contributed by atoms with van der Waals surface area (Å²) in [5.41, 5.74) is 1.02. The van der Waals surface area contributed by atoms with E-state index in [-0.39, 0.29) is 5.92 Å². The molecule has 0 heterocycles. The fourth-order valence-electron chi connectivity index (χ4n) is 2.94. The summed E-state index contributed by atoms with van der Waals surface area (Å²) >= 11 is 0. The standard InChI is InChI=1S/C15H20F3N/c1-10-6-12(8-13(7-10)15(16,17)18)11-4-5-14(9-11)19(2)3/h6-8,11,14H,4-5,9H2,1-3H3/t11?,14-/m0/s1. The molecule has 0 N–H and O–H groups in total. The third-order valence-corrected chi connectivity index (χ3v) is 4.03. The highest BCUT2D eigenvalue weighted by Gasteiger charge is 2.33. The first-order chi connectivity index (χ1) is 8.77. The Morgan fingerprint density at radius 1 is 1.11 bits per heavy atom. The second-order valence-electron chi connectivity index (χ2n) is 5.76. The number of rotatable bonds is 2. The van der Waals surface area contributed by atoms with Crippen LogP contribution in [0.4, 0.5) is 13.2 Å². The van der Waals surface area contributed by atoms with Crippen molar-refractivity contribution in [2.45, 2.75) is 44.3 Å². The molecule has 1 fully saturated rings. The topological polar surface area (TPSA) is 3.24 Å². The number of aryl methyl sites for hydroxylation is 1. The van der Waals surface area contributed by atoms with Crippen molar-refractivity contribution >= 4 is 0 Å². The minimum Gasteiger partial charge on any atom is -0.306 e. The molecule has 1 aromatic carbocycles. The van der Waals surface area contributed by atoms with E-state index in [2.05, 4.69) is 4.90 Å². The first kappa shape index (κ1) is 14.4. The molecule has 106 valence electrons. The fourth-order valence-corrected chi connectivity index (χ4v) is 2.94. The van der Waals surface area contributed by atoms with E-state index in [9.17, 15) is 13.2 Å². The Morgan fingerprint density at radius 3 is 2.32 bits per heavy atom. The number of benzene rings is 1. The number of alkyl halides is 3. The van der Waals surface area contributed by atoms with Crippen LogP contribution in [-0.4, -0.2) is 25.0 Å². The molecule has 1 aliphatic rings. The molecule has 19 heavy (non-hydrogen) atoms. The molecule has 0 aliphatic heterocycles. The zero-order valence-electron chi connectivity index (χ0n) is 11.6. The fraction of sp³-hybridized carbons (Fsp3) is 0.600. The zero-order valence-corrected chi connectivity index (χ0v) is 11.6. The molecule has 1 unspecified atom stereocenters. The molecule has 2 rings (SSSR count). The molecule has 1 aliphatic carbocycles. The summed E-state index contributed by atoms with van der Waals surface area (Å²) in [4.78, 5) is 2.17. The highest BCUT2D eigenvalue weighted by molar-refractivity contribution is 5.34. The van der Waals surface area contributed by atoms with Gasteiger partial charge in [0.25, 0.3) is 0 Å². The Hall–Kier alpha value is -1.03. The average Bonchev–Trinajstić information content (AvgIpc) is 2.76. The van der Waals surface area contributed by atoms with Crippen LogP contribution in [0.3, 0.4) is 0 Å². The Labute approximate surface area is 112 Å². The molecule has 2 atom stereocenters. The van der Waals surface area contributed by atoms with Gasteiger partial charge in [-0.3, -0.25) is 0 Å². The molecule has 1 nitrogen and oxygen atoms in total. The van der Waals surface area contributed by atoms with Gasteiger partial charge in [-0.2, -0.15) is 13.2 Å². The summed E-state index contributed by atoms with van der Waals surface area (Å²) in [6, 6.07) is 4.94. The predicted molar refractivity (Wildman–Crippen MR) is 70.2 cm³/mol. The number of hydrogen-bond donors (Lipinski definition) is 0. The lowest BCUT2D eigenvalue weighted by atomic mass is 9.93. The quantitative estimate of drug-likeness (QED) is 0.778. The number of nitrogens with zero attached hydrogens (tertiary/aromatic N) is 1. The molecule has 0 amide bonds. The van der Waals surface area contributed by atoms with Gasteiger partial charge in [0.05, 0.1) is 5.56 Å². The highest BCUT2D eigenvalue weighted by Crippen LogP contribution is 2.39. The third-order valence-electron chi connectivity index (χ3n) is 4.03. The maximum absolute atomic E-state index is 12.8. The molecular formula is C15H20F3N. The van der Waals surface area contributed by atoms with Crippen molar-refractivity contribution in [2.75, 3.05) is 14.1 Å². The molecule has 0 radical (unpaired) electrons. The molecule has 1 saturated carbocycles. The van der Waals surface area contributed by atoms with Crippen LogP contribution in [0.2, 0.25) is 0 Å². The van der Waals surface area contributed by atoms with E-state index in [1.807, 2.05) is 20.2 Å². The SMILES string of the molecule is Cc1cc(C2CC[C@H](N(C)C)C2)cc(C(F)(F)F)c1. The molecular weight excluding hydrogens is 251 g/mol. The molecule has 4 heteroatoms. The minimum atomic E-state index is -4.25. The van der Waals surface area contributed by atoms with Gasteiger partial charge in [-0.15, -0.1) is 0 Å². The first-order valence-corrected chi connectivity index (χ1v) is 6.62. The summed E-state index contributed by atoms with van der Waals surface area (Å²) in [5, 5.41) is 0. The Morgan fingerprint density at radius 2 is 1.79 bits per heavy atom. The predicted octanol–water partition coefficient (Wildman–Crippen LogP) is 4.21. The van der Waals surface area contributed by atoms with Gasteiger partial charge in [0.15, 0.2) is 0 Å². The van der Waals surface area contributed by atoms with Crippen molar-refractivity contribution in [2.24, 2.45) is 0 Å². The molecule has 0 saturated heterocycles. The molecule has 0 bridgehead atoms. The summed E-state index contributed by atoms with van der Waals surface area (Å²) in [6.07, 6.45) is -1.26. The van der Waals surface area contributed by atoms with Gasteiger partial charge < -0.3 is 4.90 Å². The normalized spacial score (nSPS) is 24.2. The Kier molecular flexibility index (Phi) is 3.90. The van der Waals surface area contributed by atoms with Crippen molar-refractivity contribution in [1.82, 2.24) is 4.90 Å². The lowest BCUT2D eigenvalue weighted by molar-refractivity contribution is -0.137. The maximum atomic E-state index is 12.8. The lowest BCUT2D eigenvalue weighted by Crippen LogP contribution is -2.24. The summed E-state index contributed by atoms with van der Waals surface area (Å²) in [6.45, 7) is 1.73. The van der Waals surface area contributed by atoms with Gasteiger partial charge in [-0.05, 0) is 63.9 Å². The van der Waals surface area contributed by atoms with Crippen LogP contribution in [0.1, 0.15) is 41.9 Å². The molecule has 0 spiro atoms. The summed E-state index contributed by atoms with van der Waals surface area (Å²) in [7, 11) is 4.06. The van der Waals surface area contributed by atoms with Gasteiger partial charge >= 0.3 is 6.18 Å². The van der Waals surface area contributed by atoms with Gasteiger partial charge in [0.1, 0.15) is 0 Å². The third kappa shape index (κ3) is 3.30. The van der Waals surface area contributed by atoms with E-state index in [0.29, 0.717) is 11.6 Å². The Bertz CT molecular complexity index is 451.